The summed E-state index contributed by atoms with van der Waals surface area (Å²) in [6, 6.07) is 9.57. The maximum atomic E-state index is 11.2. The summed E-state index contributed by atoms with van der Waals surface area (Å²) >= 11 is 0. The maximum Gasteiger partial charge on any atom is 0.274 e. The number of hydrazone groups is 1. The van der Waals surface area contributed by atoms with Crippen LogP contribution in [0.25, 0.3) is 0 Å². The monoisotopic (exact) mass is 229 g/mol. The summed E-state index contributed by atoms with van der Waals surface area (Å²) in [6.45, 7) is 1.59. The van der Waals surface area contributed by atoms with E-state index < -0.39 is 0 Å². The number of hydrogen-bond donors (Lipinski definition) is 2. The number of nitrogens with zero attached hydrogens (tertiary/aromatic N) is 3. The van der Waals surface area contributed by atoms with Crippen LogP contribution in [0.5, 0.6) is 0 Å². The molecular formula is C11H11N5O. The normalized spacial score (nSPS) is 10.6. The molecule has 2 N–H and O–H groups in total. The third-order valence-corrected chi connectivity index (χ3v) is 2.04. The Labute approximate surface area is 97.4 Å². The zero-order valence-corrected chi connectivity index (χ0v) is 9.21. The van der Waals surface area contributed by atoms with Gasteiger partial charge in [0.2, 0.25) is 5.95 Å². The lowest BCUT2D eigenvalue weighted by atomic mass is 10.2. The molecule has 0 bridgehead atoms. The molecule has 0 atom stereocenters. The molecule has 0 radical (unpaired) electrons. The minimum absolute atomic E-state index is 0.216. The van der Waals surface area contributed by atoms with Gasteiger partial charge in [0, 0.05) is 0 Å². The molecule has 1 aromatic carbocycles. The fraction of sp³-hybridized carbons (Fsp3) is 0.0909. The van der Waals surface area contributed by atoms with Gasteiger partial charge in [-0.1, -0.05) is 30.3 Å². The summed E-state index contributed by atoms with van der Waals surface area (Å²) in [6.07, 6.45) is 1.62. The number of aryl methyl sites for hydroxylation is 1. The third kappa shape index (κ3) is 2.97. The predicted octanol–water partition coefficient (Wildman–Crippen LogP) is 0.919. The topological polar surface area (TPSA) is 83.0 Å². The Morgan fingerprint density at radius 2 is 2.06 bits per heavy atom. The van der Waals surface area contributed by atoms with Gasteiger partial charge < -0.3 is 0 Å². The Bertz CT molecular complexity index is 576. The summed E-state index contributed by atoms with van der Waals surface area (Å²) in [5.74, 6) is 0.216. The van der Waals surface area contributed by atoms with Gasteiger partial charge in [-0.2, -0.15) is 5.10 Å². The highest BCUT2D eigenvalue weighted by atomic mass is 16.1. The molecule has 0 unspecified atom stereocenters. The van der Waals surface area contributed by atoms with Gasteiger partial charge in [-0.15, -0.1) is 10.2 Å². The van der Waals surface area contributed by atoms with Crippen LogP contribution in [0.3, 0.4) is 0 Å². The SMILES string of the molecule is Cc1nnc(N/N=C\c2ccccc2)[nH]c1=O. The smallest absolute Gasteiger partial charge is 0.274 e. The molecular weight excluding hydrogens is 218 g/mol. The van der Waals surface area contributed by atoms with E-state index in [-0.39, 0.29) is 11.5 Å². The lowest BCUT2D eigenvalue weighted by Crippen LogP contribution is -2.15. The highest BCUT2D eigenvalue weighted by Gasteiger charge is 1.97. The molecule has 2 aromatic rings. The molecule has 1 aromatic heterocycles. The van der Waals surface area contributed by atoms with E-state index in [0.29, 0.717) is 5.69 Å². The molecule has 0 aliphatic rings. The number of nitrogens with one attached hydrogen (secondary N) is 2. The minimum Gasteiger partial charge on any atom is -0.288 e. The van der Waals surface area contributed by atoms with Crippen molar-refractivity contribution in [2.45, 2.75) is 6.92 Å². The number of hydrogen-bond acceptors (Lipinski definition) is 5. The summed E-state index contributed by atoms with van der Waals surface area (Å²) < 4.78 is 0. The van der Waals surface area contributed by atoms with E-state index in [1.165, 1.54) is 0 Å². The van der Waals surface area contributed by atoms with E-state index in [1.54, 1.807) is 13.1 Å². The van der Waals surface area contributed by atoms with Gasteiger partial charge in [-0.05, 0) is 12.5 Å². The standard InChI is InChI=1S/C11H11N5O/c1-8-10(17)13-11(16-14-8)15-12-7-9-5-3-2-4-6-9/h2-7H,1H3,(H2,13,15,16,17)/b12-7-. The van der Waals surface area contributed by atoms with Gasteiger partial charge in [0.15, 0.2) is 0 Å². The first kappa shape index (κ1) is 11.0. The number of rotatable bonds is 3. The first-order valence-electron chi connectivity index (χ1n) is 5.03. The number of aromatic amines is 1. The van der Waals surface area contributed by atoms with Crippen molar-refractivity contribution >= 4 is 12.2 Å². The van der Waals surface area contributed by atoms with Crippen molar-refractivity contribution in [3.63, 3.8) is 0 Å². The second-order valence-corrected chi connectivity index (χ2v) is 3.37. The van der Waals surface area contributed by atoms with Crippen molar-refractivity contribution in [1.29, 1.82) is 0 Å². The average Bonchev–Trinajstić information content (AvgIpc) is 2.35. The van der Waals surface area contributed by atoms with Gasteiger partial charge in [0.1, 0.15) is 5.69 Å². The van der Waals surface area contributed by atoms with Crippen molar-refractivity contribution in [1.82, 2.24) is 15.2 Å². The molecule has 17 heavy (non-hydrogen) atoms. The van der Waals surface area contributed by atoms with E-state index >= 15 is 0 Å². The van der Waals surface area contributed by atoms with Crippen LogP contribution in [-0.2, 0) is 0 Å². The van der Waals surface area contributed by atoms with Gasteiger partial charge in [-0.25, -0.2) is 5.43 Å². The van der Waals surface area contributed by atoms with E-state index in [4.69, 9.17) is 0 Å². The molecule has 6 heteroatoms. The van der Waals surface area contributed by atoms with Gasteiger partial charge >= 0.3 is 0 Å². The fourth-order valence-corrected chi connectivity index (χ4v) is 1.15. The summed E-state index contributed by atoms with van der Waals surface area (Å²) in [7, 11) is 0. The number of H-pyrrole nitrogens is 1. The van der Waals surface area contributed by atoms with E-state index in [2.05, 4.69) is 25.7 Å². The molecule has 86 valence electrons. The molecule has 0 spiro atoms. The molecule has 1 heterocycles. The highest BCUT2D eigenvalue weighted by molar-refractivity contribution is 5.79. The largest absolute Gasteiger partial charge is 0.288 e. The molecule has 0 saturated carbocycles. The Kier molecular flexibility index (Phi) is 3.25. The quantitative estimate of drug-likeness (QED) is 0.605. The van der Waals surface area contributed by atoms with Crippen LogP contribution in [0, 0.1) is 6.92 Å². The molecule has 6 nitrogen and oxygen atoms in total. The van der Waals surface area contributed by atoms with Gasteiger partial charge in [0.25, 0.3) is 5.56 Å². The van der Waals surface area contributed by atoms with E-state index in [1.807, 2.05) is 30.3 Å². The number of benzene rings is 1. The van der Waals surface area contributed by atoms with Crippen LogP contribution in [0.2, 0.25) is 0 Å². The van der Waals surface area contributed by atoms with Crippen molar-refractivity contribution in [2.24, 2.45) is 5.10 Å². The van der Waals surface area contributed by atoms with Crippen molar-refractivity contribution in [2.75, 3.05) is 5.43 Å². The van der Waals surface area contributed by atoms with Crippen molar-refractivity contribution in [3.8, 4) is 0 Å². The second kappa shape index (κ2) is 5.02. The molecule has 2 rings (SSSR count). The number of anilines is 1. The van der Waals surface area contributed by atoms with Crippen LogP contribution in [-0.4, -0.2) is 21.4 Å². The van der Waals surface area contributed by atoms with E-state index in [0.717, 1.165) is 5.56 Å². The van der Waals surface area contributed by atoms with Crippen LogP contribution in [0.4, 0.5) is 5.95 Å². The van der Waals surface area contributed by atoms with Crippen LogP contribution in [0.15, 0.2) is 40.2 Å². The van der Waals surface area contributed by atoms with Crippen molar-refractivity contribution < 1.29 is 0 Å². The summed E-state index contributed by atoms with van der Waals surface area (Å²) in [4.78, 5) is 13.7. The zero-order valence-electron chi connectivity index (χ0n) is 9.21. The zero-order chi connectivity index (χ0) is 12.1. The molecule has 0 fully saturated rings. The lowest BCUT2D eigenvalue weighted by molar-refractivity contribution is 0.897. The van der Waals surface area contributed by atoms with Crippen LogP contribution < -0.4 is 11.0 Å². The number of aromatic nitrogens is 3. The molecule has 0 aliphatic heterocycles. The van der Waals surface area contributed by atoms with Crippen LogP contribution in [0.1, 0.15) is 11.3 Å². The highest BCUT2D eigenvalue weighted by Crippen LogP contribution is 1.95. The lowest BCUT2D eigenvalue weighted by Gasteiger charge is -1.97. The van der Waals surface area contributed by atoms with E-state index in [9.17, 15) is 4.79 Å². The first-order valence-corrected chi connectivity index (χ1v) is 5.03. The van der Waals surface area contributed by atoms with Gasteiger partial charge in [-0.3, -0.25) is 9.78 Å². The Morgan fingerprint density at radius 1 is 1.29 bits per heavy atom. The second-order valence-electron chi connectivity index (χ2n) is 3.37. The summed E-state index contributed by atoms with van der Waals surface area (Å²) in [5, 5.41) is 11.3. The Hall–Kier alpha value is -2.50. The van der Waals surface area contributed by atoms with Crippen LogP contribution >= 0.6 is 0 Å². The molecule has 0 amide bonds. The molecule has 0 saturated heterocycles. The third-order valence-electron chi connectivity index (χ3n) is 2.04. The average molecular weight is 229 g/mol. The first-order chi connectivity index (χ1) is 8.25. The summed E-state index contributed by atoms with van der Waals surface area (Å²) in [5.41, 5.74) is 3.59. The molecule has 0 aliphatic carbocycles. The Balaban J connectivity index is 2.05. The van der Waals surface area contributed by atoms with Gasteiger partial charge in [0.05, 0.1) is 6.21 Å². The fourth-order valence-electron chi connectivity index (χ4n) is 1.15. The predicted molar refractivity (Wildman–Crippen MR) is 65.0 cm³/mol. The maximum absolute atomic E-state index is 11.2. The Morgan fingerprint density at radius 3 is 2.76 bits per heavy atom. The minimum atomic E-state index is -0.280. The van der Waals surface area contributed by atoms with Crippen molar-refractivity contribution in [3.05, 3.63) is 51.9 Å².